The van der Waals surface area contributed by atoms with Gasteiger partial charge in [-0.1, -0.05) is 12.1 Å². The molecule has 31 heavy (non-hydrogen) atoms. The molecule has 1 fully saturated rings. The average Bonchev–Trinajstić information content (AvgIpc) is 2.98. The minimum Gasteiger partial charge on any atom is -0.352 e. The SMILES string of the molecule is Cn1c(NC2CC(F)(F)C2)nc2c1c(=O)n(Cc1ccc(C(F)(F)F)cc1)c(=O)n2C. The second-order valence-corrected chi connectivity index (χ2v) is 7.70. The van der Waals surface area contributed by atoms with Crippen LogP contribution < -0.4 is 16.6 Å². The fourth-order valence-corrected chi connectivity index (χ4v) is 3.64. The van der Waals surface area contributed by atoms with E-state index in [0.29, 0.717) is 5.56 Å². The van der Waals surface area contributed by atoms with Gasteiger partial charge in [0, 0.05) is 33.0 Å². The molecule has 1 aliphatic carbocycles. The molecule has 1 aliphatic rings. The molecule has 0 radical (unpaired) electrons. The lowest BCUT2D eigenvalue weighted by Crippen LogP contribution is -2.44. The summed E-state index contributed by atoms with van der Waals surface area (Å²) in [5.41, 5.74) is -1.73. The predicted octanol–water partition coefficient (Wildman–Crippen LogP) is 2.71. The highest BCUT2D eigenvalue weighted by molar-refractivity contribution is 5.74. The number of nitrogens with one attached hydrogen (secondary N) is 1. The van der Waals surface area contributed by atoms with E-state index in [4.69, 9.17) is 0 Å². The molecule has 0 bridgehead atoms. The molecule has 7 nitrogen and oxygen atoms in total. The molecule has 0 saturated heterocycles. The quantitative estimate of drug-likeness (QED) is 0.630. The van der Waals surface area contributed by atoms with E-state index in [1.54, 1.807) is 0 Å². The van der Waals surface area contributed by atoms with E-state index in [2.05, 4.69) is 10.3 Å². The van der Waals surface area contributed by atoms with Gasteiger partial charge in [-0.15, -0.1) is 0 Å². The highest BCUT2D eigenvalue weighted by Gasteiger charge is 2.45. The van der Waals surface area contributed by atoms with Crippen LogP contribution in [0.4, 0.5) is 27.9 Å². The van der Waals surface area contributed by atoms with Gasteiger partial charge in [-0.2, -0.15) is 18.2 Å². The van der Waals surface area contributed by atoms with Crippen molar-refractivity contribution in [3.05, 3.63) is 56.2 Å². The Kier molecular flexibility index (Phi) is 4.70. The van der Waals surface area contributed by atoms with Crippen LogP contribution in [-0.4, -0.2) is 30.6 Å². The van der Waals surface area contributed by atoms with Gasteiger partial charge in [0.05, 0.1) is 12.1 Å². The number of anilines is 1. The van der Waals surface area contributed by atoms with E-state index >= 15 is 0 Å². The lowest BCUT2D eigenvalue weighted by atomic mass is 9.88. The molecule has 166 valence electrons. The third-order valence-electron chi connectivity index (χ3n) is 5.41. The molecule has 2 heterocycles. The number of hydrogen-bond acceptors (Lipinski definition) is 4. The van der Waals surface area contributed by atoms with Crippen LogP contribution in [0.25, 0.3) is 11.2 Å². The zero-order valence-corrected chi connectivity index (χ0v) is 16.5. The maximum atomic E-state index is 13.1. The van der Waals surface area contributed by atoms with Crippen LogP contribution in [0.3, 0.4) is 0 Å². The molecule has 0 spiro atoms. The molecule has 1 N–H and O–H groups in total. The molecule has 0 unspecified atom stereocenters. The molecule has 0 atom stereocenters. The molecular weight excluding hydrogens is 425 g/mol. The van der Waals surface area contributed by atoms with E-state index in [-0.39, 0.29) is 36.5 Å². The Morgan fingerprint density at radius 3 is 2.26 bits per heavy atom. The van der Waals surface area contributed by atoms with Gasteiger partial charge >= 0.3 is 11.9 Å². The van der Waals surface area contributed by atoms with Crippen molar-refractivity contribution in [2.45, 2.75) is 37.5 Å². The molecule has 1 aromatic carbocycles. The molecule has 2 aromatic heterocycles. The van der Waals surface area contributed by atoms with E-state index in [0.717, 1.165) is 21.3 Å². The van der Waals surface area contributed by atoms with Crippen LogP contribution >= 0.6 is 0 Å². The lowest BCUT2D eigenvalue weighted by Gasteiger charge is -2.35. The highest BCUT2D eigenvalue weighted by Crippen LogP contribution is 2.39. The van der Waals surface area contributed by atoms with Gasteiger partial charge in [0.1, 0.15) is 0 Å². The minimum atomic E-state index is -4.49. The fourth-order valence-electron chi connectivity index (χ4n) is 3.64. The zero-order chi connectivity index (χ0) is 22.7. The Morgan fingerprint density at radius 2 is 1.71 bits per heavy atom. The first-order chi connectivity index (χ1) is 14.4. The predicted molar refractivity (Wildman–Crippen MR) is 102 cm³/mol. The number of hydrogen-bond donors (Lipinski definition) is 1. The summed E-state index contributed by atoms with van der Waals surface area (Å²) in [6, 6.07) is 3.66. The topological polar surface area (TPSA) is 73.8 Å². The Hall–Kier alpha value is -3.18. The number of imidazole rings is 1. The van der Waals surface area contributed by atoms with Gasteiger partial charge in [0.25, 0.3) is 11.5 Å². The van der Waals surface area contributed by atoms with E-state index in [1.807, 2.05) is 0 Å². The van der Waals surface area contributed by atoms with E-state index < -0.39 is 35.0 Å². The summed E-state index contributed by atoms with van der Waals surface area (Å²) in [5, 5.41) is 2.86. The standard InChI is InChI=1S/C19H18F5N5O2/c1-27-13-14(26-16(27)25-12-7-18(20,21)8-12)28(2)17(31)29(15(13)30)9-10-3-5-11(6-4-10)19(22,23)24/h3-6,12H,7-9H2,1-2H3,(H,25,26). The number of rotatable bonds is 4. The average molecular weight is 443 g/mol. The van der Waals surface area contributed by atoms with Crippen LogP contribution in [0.15, 0.2) is 33.9 Å². The maximum absolute atomic E-state index is 13.1. The van der Waals surface area contributed by atoms with Crippen LogP contribution in [0.5, 0.6) is 0 Å². The number of halogens is 5. The smallest absolute Gasteiger partial charge is 0.352 e. The second kappa shape index (κ2) is 6.92. The van der Waals surface area contributed by atoms with E-state index in [9.17, 15) is 31.5 Å². The Bertz CT molecular complexity index is 1260. The first-order valence-corrected chi connectivity index (χ1v) is 9.34. The molecular formula is C19H18F5N5O2. The third-order valence-corrected chi connectivity index (χ3v) is 5.41. The number of aromatic nitrogens is 4. The van der Waals surface area contributed by atoms with Crippen molar-refractivity contribution in [2.24, 2.45) is 14.1 Å². The van der Waals surface area contributed by atoms with Gasteiger partial charge in [0.2, 0.25) is 5.95 Å². The van der Waals surface area contributed by atoms with E-state index in [1.165, 1.54) is 30.8 Å². The first-order valence-electron chi connectivity index (χ1n) is 9.34. The largest absolute Gasteiger partial charge is 0.416 e. The van der Waals surface area contributed by atoms with Gasteiger partial charge < -0.3 is 9.88 Å². The van der Waals surface area contributed by atoms with Gasteiger partial charge in [-0.3, -0.25) is 13.9 Å². The van der Waals surface area contributed by atoms with Crippen molar-refractivity contribution in [2.75, 3.05) is 5.32 Å². The number of fused-ring (bicyclic) bond motifs is 1. The summed E-state index contributed by atoms with van der Waals surface area (Å²) in [6.07, 6.45) is -5.20. The number of nitrogens with zero attached hydrogens (tertiary/aromatic N) is 4. The normalized spacial score (nSPS) is 16.5. The van der Waals surface area contributed by atoms with Crippen LogP contribution in [0, 0.1) is 0 Å². The first kappa shape index (κ1) is 21.1. The number of aryl methyl sites for hydroxylation is 2. The van der Waals surface area contributed by atoms with Crippen molar-refractivity contribution in [1.82, 2.24) is 18.7 Å². The Morgan fingerprint density at radius 1 is 1.10 bits per heavy atom. The Balaban J connectivity index is 1.71. The second-order valence-electron chi connectivity index (χ2n) is 7.70. The van der Waals surface area contributed by atoms with Gasteiger partial charge in [-0.25, -0.2) is 13.6 Å². The molecule has 4 rings (SSSR count). The molecule has 0 amide bonds. The van der Waals surface area contributed by atoms with Crippen LogP contribution in [0.1, 0.15) is 24.0 Å². The summed E-state index contributed by atoms with van der Waals surface area (Å²) in [6.45, 7) is -0.234. The minimum absolute atomic E-state index is 0.0718. The summed E-state index contributed by atoms with van der Waals surface area (Å²) in [5.74, 6) is -2.56. The zero-order valence-electron chi connectivity index (χ0n) is 16.5. The van der Waals surface area contributed by atoms with Gasteiger partial charge in [-0.05, 0) is 17.7 Å². The lowest BCUT2D eigenvalue weighted by molar-refractivity contribution is -0.137. The summed E-state index contributed by atoms with van der Waals surface area (Å²) in [4.78, 5) is 29.9. The molecule has 0 aliphatic heterocycles. The molecule has 12 heteroatoms. The summed E-state index contributed by atoms with van der Waals surface area (Å²) in [7, 11) is 2.92. The van der Waals surface area contributed by atoms with Crippen molar-refractivity contribution < 1.29 is 22.0 Å². The summed E-state index contributed by atoms with van der Waals surface area (Å²) < 4.78 is 67.9. The summed E-state index contributed by atoms with van der Waals surface area (Å²) >= 11 is 0. The third kappa shape index (κ3) is 3.70. The maximum Gasteiger partial charge on any atom is 0.416 e. The Labute approximate surface area is 171 Å². The van der Waals surface area contributed by atoms with Crippen LogP contribution in [0.2, 0.25) is 0 Å². The van der Waals surface area contributed by atoms with Crippen LogP contribution in [-0.2, 0) is 26.8 Å². The van der Waals surface area contributed by atoms with Crippen molar-refractivity contribution in [1.29, 1.82) is 0 Å². The fraction of sp³-hybridized carbons (Fsp3) is 0.421. The van der Waals surface area contributed by atoms with Crippen molar-refractivity contribution in [3.8, 4) is 0 Å². The highest BCUT2D eigenvalue weighted by atomic mass is 19.4. The number of alkyl halides is 5. The molecule has 3 aromatic rings. The monoisotopic (exact) mass is 443 g/mol. The van der Waals surface area contributed by atoms with Crippen molar-refractivity contribution in [3.63, 3.8) is 0 Å². The molecule has 1 saturated carbocycles. The van der Waals surface area contributed by atoms with Gasteiger partial charge in [0.15, 0.2) is 11.2 Å². The number of benzene rings is 1. The van der Waals surface area contributed by atoms with Crippen molar-refractivity contribution >= 4 is 17.1 Å².